The molecule has 28 heavy (non-hydrogen) atoms. The standard InChI is InChI=1S/C21H19ClN2O3S/c1-3-10-27-21(26)14-4-5-16(22)15(11-14)18-6-7-19(28-18)20(25)24-17-8-9-23-12-13(17)2/h4-9,11-12H,3,10H2,1-2H3,(H,23,24,25). The predicted octanol–water partition coefficient (Wildman–Crippen LogP) is 5.59. The van der Waals surface area contributed by atoms with Gasteiger partial charge in [0.1, 0.15) is 0 Å². The number of nitrogens with one attached hydrogen (secondary N) is 1. The molecule has 0 spiro atoms. The van der Waals surface area contributed by atoms with Gasteiger partial charge in [-0.25, -0.2) is 4.79 Å². The second-order valence-corrected chi connectivity index (χ2v) is 7.63. The number of halogens is 1. The fraction of sp³-hybridized carbons (Fsp3) is 0.190. The van der Waals surface area contributed by atoms with Crippen LogP contribution >= 0.6 is 22.9 Å². The zero-order valence-corrected chi connectivity index (χ0v) is 17.1. The molecule has 2 aromatic heterocycles. The minimum atomic E-state index is -0.387. The van der Waals surface area contributed by atoms with Gasteiger partial charge in [0.2, 0.25) is 0 Å². The van der Waals surface area contributed by atoms with Crippen molar-refractivity contribution >= 4 is 40.5 Å². The lowest BCUT2D eigenvalue weighted by Gasteiger charge is -2.07. The smallest absolute Gasteiger partial charge is 0.338 e. The van der Waals surface area contributed by atoms with E-state index in [9.17, 15) is 9.59 Å². The number of rotatable bonds is 6. The number of aryl methyl sites for hydroxylation is 1. The quantitative estimate of drug-likeness (QED) is 0.534. The lowest BCUT2D eigenvalue weighted by Crippen LogP contribution is -2.11. The molecule has 7 heteroatoms. The third kappa shape index (κ3) is 4.58. The summed E-state index contributed by atoms with van der Waals surface area (Å²) >= 11 is 7.63. The van der Waals surface area contributed by atoms with Crippen LogP contribution in [-0.2, 0) is 4.74 Å². The van der Waals surface area contributed by atoms with Crippen molar-refractivity contribution in [3.8, 4) is 10.4 Å². The van der Waals surface area contributed by atoms with Gasteiger partial charge in [-0.1, -0.05) is 18.5 Å². The monoisotopic (exact) mass is 414 g/mol. The Morgan fingerprint density at radius 2 is 2.04 bits per heavy atom. The molecule has 0 saturated carbocycles. The number of anilines is 1. The van der Waals surface area contributed by atoms with Crippen molar-refractivity contribution in [3.63, 3.8) is 0 Å². The van der Waals surface area contributed by atoms with E-state index < -0.39 is 0 Å². The van der Waals surface area contributed by atoms with E-state index in [4.69, 9.17) is 16.3 Å². The lowest BCUT2D eigenvalue weighted by molar-refractivity contribution is 0.0505. The van der Waals surface area contributed by atoms with Crippen LogP contribution in [-0.4, -0.2) is 23.5 Å². The highest BCUT2D eigenvalue weighted by Gasteiger charge is 2.15. The van der Waals surface area contributed by atoms with Gasteiger partial charge in [0.15, 0.2) is 0 Å². The Kier molecular flexibility index (Phi) is 6.44. The van der Waals surface area contributed by atoms with E-state index >= 15 is 0 Å². The molecule has 144 valence electrons. The fourth-order valence-electron chi connectivity index (χ4n) is 2.52. The maximum Gasteiger partial charge on any atom is 0.338 e. The number of ether oxygens (including phenoxy) is 1. The zero-order valence-electron chi connectivity index (χ0n) is 15.5. The van der Waals surface area contributed by atoms with E-state index in [-0.39, 0.29) is 11.9 Å². The average Bonchev–Trinajstić information content (AvgIpc) is 3.18. The van der Waals surface area contributed by atoms with Crippen molar-refractivity contribution in [1.82, 2.24) is 4.98 Å². The van der Waals surface area contributed by atoms with E-state index in [0.717, 1.165) is 16.9 Å². The summed E-state index contributed by atoms with van der Waals surface area (Å²) in [7, 11) is 0. The van der Waals surface area contributed by atoms with Gasteiger partial charge in [0, 0.05) is 33.5 Å². The summed E-state index contributed by atoms with van der Waals surface area (Å²) in [5.41, 5.74) is 2.72. The Labute approximate surface area is 172 Å². The number of hydrogen-bond acceptors (Lipinski definition) is 5. The summed E-state index contributed by atoms with van der Waals surface area (Å²) in [5, 5.41) is 3.39. The first-order valence-corrected chi connectivity index (χ1v) is 9.98. The molecule has 1 amide bonds. The number of carbonyl (C=O) groups excluding carboxylic acids is 2. The number of hydrogen-bond donors (Lipinski definition) is 1. The Hall–Kier alpha value is -2.70. The molecule has 0 aliphatic carbocycles. The van der Waals surface area contributed by atoms with Crippen molar-refractivity contribution in [2.75, 3.05) is 11.9 Å². The van der Waals surface area contributed by atoms with Crippen molar-refractivity contribution < 1.29 is 14.3 Å². The van der Waals surface area contributed by atoms with Crippen LogP contribution in [0.15, 0.2) is 48.8 Å². The average molecular weight is 415 g/mol. The van der Waals surface area contributed by atoms with Gasteiger partial charge < -0.3 is 10.1 Å². The van der Waals surface area contributed by atoms with Gasteiger partial charge in [-0.2, -0.15) is 0 Å². The van der Waals surface area contributed by atoms with E-state index in [1.165, 1.54) is 11.3 Å². The lowest BCUT2D eigenvalue weighted by atomic mass is 10.1. The number of aromatic nitrogens is 1. The Bertz CT molecular complexity index is 1020. The van der Waals surface area contributed by atoms with Gasteiger partial charge in [-0.3, -0.25) is 9.78 Å². The van der Waals surface area contributed by atoms with Gasteiger partial charge >= 0.3 is 5.97 Å². The molecule has 0 saturated heterocycles. The number of amides is 1. The maximum atomic E-state index is 12.6. The molecule has 2 heterocycles. The first-order valence-electron chi connectivity index (χ1n) is 8.78. The van der Waals surface area contributed by atoms with Crippen molar-refractivity contribution in [2.24, 2.45) is 0 Å². The first-order chi connectivity index (χ1) is 13.5. The minimum absolute atomic E-state index is 0.208. The maximum absolute atomic E-state index is 12.6. The third-order valence-corrected chi connectivity index (χ3v) is 5.45. The zero-order chi connectivity index (χ0) is 20.1. The summed E-state index contributed by atoms with van der Waals surface area (Å²) in [6, 6.07) is 10.3. The fourth-order valence-corrected chi connectivity index (χ4v) is 3.73. The molecule has 0 aliphatic rings. The van der Waals surface area contributed by atoms with Crippen LogP contribution in [0, 0.1) is 6.92 Å². The summed E-state index contributed by atoms with van der Waals surface area (Å²) in [5.74, 6) is -0.595. The highest BCUT2D eigenvalue weighted by atomic mass is 35.5. The minimum Gasteiger partial charge on any atom is -0.462 e. The first kappa shape index (κ1) is 20.0. The predicted molar refractivity (Wildman–Crippen MR) is 112 cm³/mol. The van der Waals surface area contributed by atoms with Gasteiger partial charge in [-0.05, 0) is 55.3 Å². The Morgan fingerprint density at radius 3 is 2.79 bits per heavy atom. The molecule has 0 bridgehead atoms. The third-order valence-electron chi connectivity index (χ3n) is 4.00. The van der Waals surface area contributed by atoms with Crippen LogP contribution < -0.4 is 5.32 Å². The molecular formula is C21H19ClN2O3S. The van der Waals surface area contributed by atoms with Crippen LogP contribution in [0.1, 0.15) is 38.9 Å². The van der Waals surface area contributed by atoms with E-state index in [1.54, 1.807) is 42.7 Å². The van der Waals surface area contributed by atoms with Crippen molar-refractivity contribution in [1.29, 1.82) is 0 Å². The summed E-state index contributed by atoms with van der Waals surface area (Å²) in [4.78, 5) is 30.0. The highest BCUT2D eigenvalue weighted by Crippen LogP contribution is 2.34. The van der Waals surface area contributed by atoms with E-state index in [2.05, 4.69) is 10.3 Å². The van der Waals surface area contributed by atoms with Crippen LogP contribution in [0.3, 0.4) is 0 Å². The number of benzene rings is 1. The molecule has 5 nitrogen and oxygen atoms in total. The van der Waals surface area contributed by atoms with Crippen molar-refractivity contribution in [2.45, 2.75) is 20.3 Å². The molecule has 0 fully saturated rings. The number of thiophene rings is 1. The molecule has 0 aliphatic heterocycles. The summed E-state index contributed by atoms with van der Waals surface area (Å²) < 4.78 is 5.18. The normalized spacial score (nSPS) is 10.5. The molecule has 3 aromatic rings. The Balaban J connectivity index is 1.82. The molecule has 0 radical (unpaired) electrons. The van der Waals surface area contributed by atoms with Crippen LogP contribution in [0.5, 0.6) is 0 Å². The van der Waals surface area contributed by atoms with Gasteiger partial charge in [-0.15, -0.1) is 11.3 Å². The molecular weight excluding hydrogens is 396 g/mol. The number of pyridine rings is 1. The van der Waals surface area contributed by atoms with Gasteiger partial charge in [0.05, 0.1) is 17.0 Å². The summed E-state index contributed by atoms with van der Waals surface area (Å²) in [6.07, 6.45) is 4.08. The van der Waals surface area contributed by atoms with Gasteiger partial charge in [0.25, 0.3) is 5.91 Å². The summed E-state index contributed by atoms with van der Waals surface area (Å²) in [6.45, 7) is 4.19. The van der Waals surface area contributed by atoms with Crippen LogP contribution in [0.25, 0.3) is 10.4 Å². The second-order valence-electron chi connectivity index (χ2n) is 6.14. The molecule has 1 aromatic carbocycles. The van der Waals surface area contributed by atoms with E-state index in [0.29, 0.717) is 33.3 Å². The molecule has 3 rings (SSSR count). The largest absolute Gasteiger partial charge is 0.462 e. The molecule has 0 atom stereocenters. The second kappa shape index (κ2) is 8.99. The van der Waals surface area contributed by atoms with Crippen molar-refractivity contribution in [3.05, 3.63) is 69.8 Å². The highest BCUT2D eigenvalue weighted by molar-refractivity contribution is 7.17. The number of carbonyl (C=O) groups is 2. The van der Waals surface area contributed by atoms with Crippen LogP contribution in [0.4, 0.5) is 5.69 Å². The van der Waals surface area contributed by atoms with Crippen LogP contribution in [0.2, 0.25) is 5.02 Å². The van der Waals surface area contributed by atoms with E-state index in [1.807, 2.05) is 19.9 Å². The molecule has 1 N–H and O–H groups in total. The Morgan fingerprint density at radius 1 is 1.21 bits per heavy atom. The SMILES string of the molecule is CCCOC(=O)c1ccc(Cl)c(-c2ccc(C(=O)Nc3ccncc3C)s2)c1. The number of esters is 1. The number of nitrogens with zero attached hydrogens (tertiary/aromatic N) is 1. The topological polar surface area (TPSA) is 68.3 Å². The molecule has 0 unspecified atom stereocenters.